The molecule has 3 aromatic rings. The van der Waals surface area contributed by atoms with E-state index in [0.29, 0.717) is 10.6 Å². The Labute approximate surface area is 294 Å². The molecule has 5 rings (SSSR count). The summed E-state index contributed by atoms with van der Waals surface area (Å²) in [5.74, 6) is 1.89. The molecule has 1 fully saturated rings. The van der Waals surface area contributed by atoms with Gasteiger partial charge in [0.05, 0.1) is 12.4 Å². The second kappa shape index (κ2) is 16.4. The summed E-state index contributed by atoms with van der Waals surface area (Å²) in [6, 6.07) is 30.0. The van der Waals surface area contributed by atoms with Gasteiger partial charge in [-0.1, -0.05) is 66.7 Å². The molecule has 2 aliphatic rings. The van der Waals surface area contributed by atoms with Crippen LogP contribution in [0.2, 0.25) is 0 Å². The van der Waals surface area contributed by atoms with Crippen LogP contribution in [0.3, 0.4) is 0 Å². The van der Waals surface area contributed by atoms with Gasteiger partial charge in [0.2, 0.25) is 16.3 Å². The molecule has 2 aliphatic heterocycles. The Morgan fingerprint density at radius 3 is 1.82 bits per heavy atom. The SMILES string of the molecule is C/C=C/[P+](c1ccccc1)(c1ccccc1)c1ccccc1.CC1=C[C@@H](C(=O)NCCNC(=O)OC(C)(C)C)N2C[C@@H]1N(OS(=O)(=O)[O-])C2=O. The Balaban J connectivity index is 0.000000231. The van der Waals surface area contributed by atoms with Gasteiger partial charge in [-0.3, -0.25) is 4.79 Å². The van der Waals surface area contributed by atoms with Gasteiger partial charge in [0.1, 0.15) is 40.9 Å². The summed E-state index contributed by atoms with van der Waals surface area (Å²) in [7, 11) is -6.86. The summed E-state index contributed by atoms with van der Waals surface area (Å²) < 4.78 is 41.8. The summed E-state index contributed by atoms with van der Waals surface area (Å²) in [6.45, 7) is 9.07. The van der Waals surface area contributed by atoms with E-state index in [1.807, 2.05) is 0 Å². The van der Waals surface area contributed by atoms with Crippen LogP contribution in [0.25, 0.3) is 0 Å². The maximum atomic E-state index is 12.4. The molecule has 4 amide bonds. The monoisotopic (exact) mass is 722 g/mol. The third-order valence-electron chi connectivity index (χ3n) is 7.76. The number of hydroxylamine groups is 2. The van der Waals surface area contributed by atoms with Crippen LogP contribution in [0.1, 0.15) is 34.6 Å². The van der Waals surface area contributed by atoms with E-state index in [1.165, 1.54) is 22.0 Å². The molecule has 50 heavy (non-hydrogen) atoms. The van der Waals surface area contributed by atoms with E-state index in [4.69, 9.17) is 4.74 Å². The van der Waals surface area contributed by atoms with Gasteiger partial charge < -0.3 is 24.8 Å². The van der Waals surface area contributed by atoms with Crippen LogP contribution in [0.5, 0.6) is 0 Å². The Morgan fingerprint density at radius 2 is 1.38 bits per heavy atom. The van der Waals surface area contributed by atoms with Crippen molar-refractivity contribution in [2.45, 2.75) is 52.3 Å². The van der Waals surface area contributed by atoms with Crippen molar-refractivity contribution >= 4 is 51.6 Å². The van der Waals surface area contributed by atoms with Gasteiger partial charge in [-0.25, -0.2) is 18.0 Å². The van der Waals surface area contributed by atoms with Gasteiger partial charge in [-0.05, 0) is 76.6 Å². The minimum atomic E-state index is -5.13. The smallest absolute Gasteiger partial charge is 0.407 e. The number of hydrogen-bond acceptors (Lipinski definition) is 8. The number of amides is 4. The number of fused-ring (bicyclic) bond motifs is 2. The van der Waals surface area contributed by atoms with Crippen molar-refractivity contribution in [3.8, 4) is 0 Å². The zero-order valence-corrected chi connectivity index (χ0v) is 30.4. The van der Waals surface area contributed by atoms with Gasteiger partial charge >= 0.3 is 12.1 Å². The van der Waals surface area contributed by atoms with Gasteiger partial charge in [-0.2, -0.15) is 9.35 Å². The molecule has 0 spiro atoms. The molecule has 3 aromatic carbocycles. The van der Waals surface area contributed by atoms with Crippen LogP contribution in [0, 0.1) is 0 Å². The molecule has 2 bridgehead atoms. The van der Waals surface area contributed by atoms with Crippen LogP contribution in [0.15, 0.2) is 115 Å². The molecule has 266 valence electrons. The van der Waals surface area contributed by atoms with Crippen molar-refractivity contribution in [1.29, 1.82) is 0 Å². The summed E-state index contributed by atoms with van der Waals surface area (Å²) in [5, 5.41) is 9.70. The second-order valence-electron chi connectivity index (χ2n) is 12.5. The molecule has 2 N–H and O–H groups in total. The number of allylic oxidation sites excluding steroid dienone is 1. The fraction of sp³-hybridized carbons (Fsp3) is 0.306. The van der Waals surface area contributed by atoms with E-state index in [-0.39, 0.29) is 19.6 Å². The average Bonchev–Trinajstić information content (AvgIpc) is 3.34. The predicted octanol–water partition coefficient (Wildman–Crippen LogP) is 3.97. The summed E-state index contributed by atoms with van der Waals surface area (Å²) >= 11 is 0. The zero-order chi connectivity index (χ0) is 36.5. The number of rotatable bonds is 10. The van der Waals surface area contributed by atoms with Crippen molar-refractivity contribution in [3.05, 3.63) is 115 Å². The largest absolute Gasteiger partial charge is 0.724 e. The van der Waals surface area contributed by atoms with E-state index < -0.39 is 53.4 Å². The number of nitrogens with one attached hydrogen (secondary N) is 2. The van der Waals surface area contributed by atoms with Crippen molar-refractivity contribution in [3.63, 3.8) is 0 Å². The van der Waals surface area contributed by atoms with Crippen molar-refractivity contribution < 1.29 is 36.4 Å². The standard InChI is InChI=1S/C21H20P.C15H24N4O8S/c1-2-18-22(19-12-6-3-7-13-19,20-14-8-4-9-15-20)21-16-10-5-11-17-21;1-9-7-10(12(20)16-5-6-17-13(21)26-15(2,3)4)18-8-11(9)19(14(18)22)27-28(23,24)25/h2-18H,1H3;7,10-11H,5-6,8H2,1-4H3,(H,16,20)(H,17,21)(H,23,24,25)/q+1;/p-1/b18-2+;/t;10-,11-/m.0/s1. The third kappa shape index (κ3) is 9.57. The summed E-state index contributed by atoms with van der Waals surface area (Å²) in [6.07, 6.45) is 3.06. The Kier molecular flexibility index (Phi) is 12.6. The highest BCUT2D eigenvalue weighted by molar-refractivity contribution is 7.98. The molecule has 12 nitrogen and oxygen atoms in total. The summed E-state index contributed by atoms with van der Waals surface area (Å²) in [5.41, 5.74) is -0.131. The quantitative estimate of drug-likeness (QED) is 0.105. The highest BCUT2D eigenvalue weighted by Crippen LogP contribution is 2.56. The molecule has 0 unspecified atom stereocenters. The van der Waals surface area contributed by atoms with Crippen LogP contribution < -0.4 is 26.5 Å². The minimum Gasteiger partial charge on any atom is -0.724 e. The van der Waals surface area contributed by atoms with Crippen LogP contribution in [-0.4, -0.2) is 78.3 Å². The second-order valence-corrected chi connectivity index (χ2v) is 16.8. The van der Waals surface area contributed by atoms with Crippen LogP contribution >= 0.6 is 7.26 Å². The topological polar surface area (TPSA) is 157 Å². The average molecular weight is 723 g/mol. The number of hydrogen-bond donors (Lipinski definition) is 2. The first-order valence-corrected chi connectivity index (χ1v) is 19.2. The van der Waals surface area contributed by atoms with Crippen molar-refractivity contribution in [2.75, 3.05) is 19.6 Å². The molecule has 0 radical (unpaired) electrons. The van der Waals surface area contributed by atoms with E-state index in [1.54, 1.807) is 27.7 Å². The van der Waals surface area contributed by atoms with Gasteiger partial charge in [0.25, 0.3) is 0 Å². The first-order chi connectivity index (χ1) is 23.7. The Morgan fingerprint density at radius 1 is 0.900 bits per heavy atom. The predicted molar refractivity (Wildman–Crippen MR) is 193 cm³/mol. The number of benzene rings is 3. The molecule has 1 saturated heterocycles. The van der Waals surface area contributed by atoms with Gasteiger partial charge in [0, 0.05) is 13.1 Å². The number of ether oxygens (including phenoxy) is 1. The van der Waals surface area contributed by atoms with E-state index in [9.17, 15) is 27.4 Å². The number of carbonyl (C=O) groups is 3. The first-order valence-electron chi connectivity index (χ1n) is 16.0. The molecular formula is C36H43N4O8PS. The Bertz CT molecular complexity index is 1700. The molecule has 0 saturated carbocycles. The number of carbonyl (C=O) groups excluding carboxylic acids is 3. The summed E-state index contributed by atoms with van der Waals surface area (Å²) in [4.78, 5) is 37.4. The highest BCUT2D eigenvalue weighted by Gasteiger charge is 2.48. The molecular weight excluding hydrogens is 679 g/mol. The maximum Gasteiger partial charge on any atom is 0.407 e. The lowest BCUT2D eigenvalue weighted by atomic mass is 10.0. The lowest BCUT2D eigenvalue weighted by Crippen LogP contribution is -2.49. The fourth-order valence-corrected chi connectivity index (χ4v) is 9.85. The fourth-order valence-electron chi connectivity index (χ4n) is 5.70. The number of urea groups is 1. The zero-order valence-electron chi connectivity index (χ0n) is 28.7. The molecule has 0 aromatic heterocycles. The molecule has 2 atom stereocenters. The molecule has 14 heteroatoms. The number of alkyl carbamates (subject to hydrolysis) is 1. The lowest BCUT2D eigenvalue weighted by Gasteiger charge is -2.27. The Hall–Kier alpha value is -4.55. The van der Waals surface area contributed by atoms with Crippen molar-refractivity contribution in [1.82, 2.24) is 20.6 Å². The van der Waals surface area contributed by atoms with Gasteiger partial charge in [-0.15, -0.1) is 0 Å². The van der Waals surface area contributed by atoms with E-state index in [2.05, 4.69) is 125 Å². The van der Waals surface area contributed by atoms with E-state index in [0.717, 1.165) is 4.90 Å². The molecule has 2 heterocycles. The van der Waals surface area contributed by atoms with Crippen molar-refractivity contribution in [2.24, 2.45) is 0 Å². The number of nitrogens with zero attached hydrogens (tertiary/aromatic N) is 2. The lowest BCUT2D eigenvalue weighted by molar-refractivity contribution is -0.124. The first kappa shape index (κ1) is 38.3. The van der Waals surface area contributed by atoms with Gasteiger partial charge in [0.15, 0.2) is 0 Å². The maximum absolute atomic E-state index is 12.4. The molecule has 0 aliphatic carbocycles. The van der Waals surface area contributed by atoms with Crippen LogP contribution in [0.4, 0.5) is 9.59 Å². The highest BCUT2D eigenvalue weighted by atomic mass is 32.3. The minimum absolute atomic E-state index is 0.00489. The van der Waals surface area contributed by atoms with Crippen LogP contribution in [-0.2, 0) is 24.2 Å². The normalized spacial score (nSPS) is 17.5. The third-order valence-corrected chi connectivity index (χ3v) is 12.2. The van der Waals surface area contributed by atoms with E-state index >= 15 is 0 Å².